The number of rotatable bonds is 4. The summed E-state index contributed by atoms with van der Waals surface area (Å²) in [5.74, 6) is 0.605. The number of piperidine rings is 1. The van der Waals surface area contributed by atoms with E-state index in [0.717, 1.165) is 35.7 Å². The van der Waals surface area contributed by atoms with Crippen LogP contribution in [0.4, 0.5) is 0 Å². The number of thiazole rings is 1. The van der Waals surface area contributed by atoms with Crippen molar-refractivity contribution in [1.82, 2.24) is 14.6 Å². The Labute approximate surface area is 171 Å². The van der Waals surface area contributed by atoms with Crippen molar-refractivity contribution < 1.29 is 8.42 Å². The molecule has 148 valence electrons. The molecule has 3 heterocycles. The molecule has 5 nitrogen and oxygen atoms in total. The molecule has 1 unspecified atom stereocenters. The fourth-order valence-corrected chi connectivity index (χ4v) is 6.37. The highest BCUT2D eigenvalue weighted by atomic mass is 35.5. The van der Waals surface area contributed by atoms with Crippen LogP contribution in [0.3, 0.4) is 0 Å². The van der Waals surface area contributed by atoms with Crippen LogP contribution in [0, 0.1) is 12.8 Å². The second kappa shape index (κ2) is 8.57. The number of benzene rings is 1. The van der Waals surface area contributed by atoms with E-state index in [4.69, 9.17) is 0 Å². The van der Waals surface area contributed by atoms with Crippen molar-refractivity contribution in [3.8, 4) is 10.6 Å². The molecule has 2 aliphatic heterocycles. The van der Waals surface area contributed by atoms with Crippen molar-refractivity contribution in [2.45, 2.75) is 43.5 Å². The normalized spacial score (nSPS) is 21.9. The topological polar surface area (TPSA) is 62.3 Å². The lowest BCUT2D eigenvalue weighted by molar-refractivity contribution is 0.234. The lowest BCUT2D eigenvalue weighted by atomic mass is 9.89. The summed E-state index contributed by atoms with van der Waals surface area (Å²) < 4.78 is 27.9. The van der Waals surface area contributed by atoms with Crippen molar-refractivity contribution in [3.05, 3.63) is 35.3 Å². The Kier molecular flexibility index (Phi) is 6.58. The third-order valence-corrected chi connectivity index (χ3v) is 8.41. The highest BCUT2D eigenvalue weighted by molar-refractivity contribution is 7.89. The minimum atomic E-state index is -3.44. The molecule has 1 aromatic carbocycles. The van der Waals surface area contributed by atoms with Crippen LogP contribution < -0.4 is 5.32 Å². The fraction of sp³-hybridized carbons (Fsp3) is 0.526. The monoisotopic (exact) mass is 427 g/mol. The first-order valence-electron chi connectivity index (χ1n) is 9.30. The Morgan fingerprint density at radius 2 is 2.00 bits per heavy atom. The van der Waals surface area contributed by atoms with Crippen LogP contribution in [0.25, 0.3) is 10.6 Å². The zero-order chi connectivity index (χ0) is 18.1. The van der Waals surface area contributed by atoms with Crippen LogP contribution >= 0.6 is 23.7 Å². The molecule has 8 heteroatoms. The van der Waals surface area contributed by atoms with E-state index in [1.54, 1.807) is 27.8 Å². The first-order valence-corrected chi connectivity index (χ1v) is 11.6. The highest BCUT2D eigenvalue weighted by Crippen LogP contribution is 2.30. The third-order valence-electron chi connectivity index (χ3n) is 5.50. The molecular weight excluding hydrogens is 402 g/mol. The Morgan fingerprint density at radius 3 is 2.63 bits per heavy atom. The number of sulfonamides is 1. The molecule has 2 saturated heterocycles. The number of nitrogens with zero attached hydrogens (tertiary/aromatic N) is 2. The van der Waals surface area contributed by atoms with Crippen LogP contribution in [0.5, 0.6) is 0 Å². The van der Waals surface area contributed by atoms with Gasteiger partial charge in [0, 0.05) is 35.8 Å². The zero-order valence-corrected chi connectivity index (χ0v) is 17.9. The summed E-state index contributed by atoms with van der Waals surface area (Å²) in [6, 6.07) is 7.78. The van der Waals surface area contributed by atoms with Gasteiger partial charge in [-0.3, -0.25) is 0 Å². The molecule has 0 aliphatic carbocycles. The van der Waals surface area contributed by atoms with Crippen LogP contribution in [0.1, 0.15) is 31.4 Å². The maximum absolute atomic E-state index is 13.1. The van der Waals surface area contributed by atoms with E-state index >= 15 is 0 Å². The molecule has 4 rings (SSSR count). The second-order valence-corrected chi connectivity index (χ2v) is 10.1. The first kappa shape index (κ1) is 20.7. The number of aromatic nitrogens is 1. The van der Waals surface area contributed by atoms with Gasteiger partial charge in [0.1, 0.15) is 5.01 Å². The molecule has 27 heavy (non-hydrogen) atoms. The van der Waals surface area contributed by atoms with Gasteiger partial charge in [-0.25, -0.2) is 13.4 Å². The number of hydrogen-bond acceptors (Lipinski definition) is 5. The van der Waals surface area contributed by atoms with Gasteiger partial charge < -0.3 is 5.32 Å². The van der Waals surface area contributed by atoms with Crippen LogP contribution in [0.15, 0.2) is 34.5 Å². The number of halogens is 1. The van der Waals surface area contributed by atoms with Crippen LogP contribution in [0.2, 0.25) is 0 Å². The van der Waals surface area contributed by atoms with Crippen molar-refractivity contribution >= 4 is 33.8 Å². The maximum atomic E-state index is 13.1. The Morgan fingerprint density at radius 1 is 1.22 bits per heavy atom. The van der Waals surface area contributed by atoms with E-state index in [1.807, 2.05) is 24.4 Å². The van der Waals surface area contributed by atoms with E-state index in [1.165, 1.54) is 12.8 Å². The van der Waals surface area contributed by atoms with Crippen LogP contribution in [-0.2, 0) is 10.0 Å². The smallest absolute Gasteiger partial charge is 0.243 e. The van der Waals surface area contributed by atoms with Crippen molar-refractivity contribution in [2.75, 3.05) is 19.6 Å². The highest BCUT2D eigenvalue weighted by Gasteiger charge is 2.33. The lowest BCUT2D eigenvalue weighted by Crippen LogP contribution is -2.43. The van der Waals surface area contributed by atoms with Gasteiger partial charge in [0.15, 0.2) is 0 Å². The summed E-state index contributed by atoms with van der Waals surface area (Å²) >= 11 is 1.55. The Hall–Kier alpha value is -0.990. The lowest BCUT2D eigenvalue weighted by Gasteiger charge is -2.34. The standard InChI is InChI=1S/C19H25N3O2S2.ClH/c1-14-13-25-19(21-14)16-4-2-5-17(12-16)26(23,24)22-10-7-15(8-11-22)18-6-3-9-20-18;/h2,4-5,12-13,15,18,20H,3,6-11H2,1H3;1H. The predicted octanol–water partition coefficient (Wildman–Crippen LogP) is 3.69. The zero-order valence-electron chi connectivity index (χ0n) is 15.4. The average molecular weight is 428 g/mol. The second-order valence-electron chi connectivity index (χ2n) is 7.27. The first-order chi connectivity index (χ1) is 12.5. The van der Waals surface area contributed by atoms with E-state index < -0.39 is 10.0 Å². The average Bonchev–Trinajstić information content (AvgIpc) is 3.34. The van der Waals surface area contributed by atoms with Gasteiger partial charge in [-0.2, -0.15) is 4.31 Å². The predicted molar refractivity (Wildman–Crippen MR) is 112 cm³/mol. The largest absolute Gasteiger partial charge is 0.314 e. The van der Waals surface area contributed by atoms with Crippen LogP contribution in [-0.4, -0.2) is 43.4 Å². The van der Waals surface area contributed by atoms with E-state index in [0.29, 0.717) is 29.9 Å². The number of aryl methyl sites for hydroxylation is 1. The van der Waals surface area contributed by atoms with Gasteiger partial charge in [-0.1, -0.05) is 12.1 Å². The van der Waals surface area contributed by atoms with Gasteiger partial charge in [0.25, 0.3) is 0 Å². The van der Waals surface area contributed by atoms with Gasteiger partial charge in [0.2, 0.25) is 10.0 Å². The van der Waals surface area contributed by atoms with Gasteiger partial charge in [-0.15, -0.1) is 23.7 Å². The quantitative estimate of drug-likeness (QED) is 0.808. The molecule has 2 aromatic rings. The van der Waals surface area contributed by atoms with Gasteiger partial charge in [0.05, 0.1) is 4.90 Å². The van der Waals surface area contributed by atoms with Crippen molar-refractivity contribution in [1.29, 1.82) is 0 Å². The minimum absolute atomic E-state index is 0. The third kappa shape index (κ3) is 4.38. The molecule has 1 aromatic heterocycles. The maximum Gasteiger partial charge on any atom is 0.243 e. The summed E-state index contributed by atoms with van der Waals surface area (Å²) in [5, 5.41) is 6.42. The Balaban J connectivity index is 0.00000210. The molecule has 1 N–H and O–H groups in total. The van der Waals surface area contributed by atoms with Crippen molar-refractivity contribution in [2.24, 2.45) is 5.92 Å². The summed E-state index contributed by atoms with van der Waals surface area (Å²) in [7, 11) is -3.44. The molecule has 1 atom stereocenters. The summed E-state index contributed by atoms with van der Waals surface area (Å²) in [6.45, 7) is 4.29. The van der Waals surface area contributed by atoms with Gasteiger partial charge in [-0.05, 0) is 57.2 Å². The molecule has 0 bridgehead atoms. The molecule has 2 aliphatic rings. The molecule has 0 amide bonds. The molecular formula is C19H26ClN3O2S2. The SMILES string of the molecule is Cc1csc(-c2cccc(S(=O)(=O)N3CCC(C4CCCN4)CC3)c2)n1.Cl. The molecule has 2 fully saturated rings. The van der Waals surface area contributed by atoms with Crippen molar-refractivity contribution in [3.63, 3.8) is 0 Å². The summed E-state index contributed by atoms with van der Waals surface area (Å²) in [4.78, 5) is 4.85. The summed E-state index contributed by atoms with van der Waals surface area (Å²) in [5.41, 5.74) is 1.83. The summed E-state index contributed by atoms with van der Waals surface area (Å²) in [6.07, 6.45) is 4.36. The van der Waals surface area contributed by atoms with E-state index in [-0.39, 0.29) is 12.4 Å². The molecule has 0 saturated carbocycles. The van der Waals surface area contributed by atoms with Gasteiger partial charge >= 0.3 is 0 Å². The number of hydrogen-bond donors (Lipinski definition) is 1. The molecule has 0 spiro atoms. The molecule has 0 radical (unpaired) electrons. The Bertz CT molecular complexity index is 871. The van der Waals surface area contributed by atoms with E-state index in [2.05, 4.69) is 10.3 Å². The number of nitrogens with one attached hydrogen (secondary N) is 1. The van der Waals surface area contributed by atoms with E-state index in [9.17, 15) is 8.42 Å². The fourth-order valence-electron chi connectivity index (χ4n) is 4.06. The minimum Gasteiger partial charge on any atom is -0.314 e.